The molecule has 1 saturated heterocycles. The fourth-order valence-electron chi connectivity index (χ4n) is 2.50. The van der Waals surface area contributed by atoms with Crippen molar-refractivity contribution in [3.8, 4) is 0 Å². The molecular weight excluding hydrogens is 248 g/mol. The highest BCUT2D eigenvalue weighted by atomic mass is 32.2. The zero-order valence-corrected chi connectivity index (χ0v) is 13.0. The second-order valence-electron chi connectivity index (χ2n) is 5.55. The SMILES string of the molecule is CCCCCS(=O)(=O)N(C)[C@H]1CCN(C)[C@@H](C)C1. The molecule has 0 aromatic rings. The van der Waals surface area contributed by atoms with Crippen LogP contribution in [-0.2, 0) is 10.0 Å². The molecule has 0 saturated carbocycles. The van der Waals surface area contributed by atoms with Crippen molar-refractivity contribution in [2.45, 2.75) is 58.0 Å². The Labute approximate surface area is 112 Å². The minimum Gasteiger partial charge on any atom is -0.304 e. The summed E-state index contributed by atoms with van der Waals surface area (Å²) in [6, 6.07) is 0.653. The summed E-state index contributed by atoms with van der Waals surface area (Å²) < 4.78 is 26.0. The van der Waals surface area contributed by atoms with Gasteiger partial charge >= 0.3 is 0 Å². The van der Waals surface area contributed by atoms with E-state index in [0.717, 1.165) is 38.6 Å². The number of unbranched alkanes of at least 4 members (excludes halogenated alkanes) is 2. The van der Waals surface area contributed by atoms with Gasteiger partial charge in [-0.15, -0.1) is 0 Å². The number of hydrogen-bond acceptors (Lipinski definition) is 3. The highest BCUT2D eigenvalue weighted by molar-refractivity contribution is 7.89. The van der Waals surface area contributed by atoms with Gasteiger partial charge in [0.2, 0.25) is 10.0 Å². The van der Waals surface area contributed by atoms with Crippen LogP contribution in [0.5, 0.6) is 0 Å². The normalized spacial score (nSPS) is 26.7. The Balaban J connectivity index is 2.55. The van der Waals surface area contributed by atoms with E-state index in [1.54, 1.807) is 11.4 Å². The maximum absolute atomic E-state index is 12.2. The van der Waals surface area contributed by atoms with Gasteiger partial charge in [0.1, 0.15) is 0 Å². The summed E-state index contributed by atoms with van der Waals surface area (Å²) in [6.45, 7) is 5.25. The van der Waals surface area contributed by atoms with Gasteiger partial charge in [-0.2, -0.15) is 0 Å². The van der Waals surface area contributed by atoms with E-state index in [1.165, 1.54) is 0 Å². The van der Waals surface area contributed by atoms with E-state index < -0.39 is 10.0 Å². The summed E-state index contributed by atoms with van der Waals surface area (Å²) in [5.74, 6) is 0.304. The van der Waals surface area contributed by atoms with Gasteiger partial charge in [0.05, 0.1) is 5.75 Å². The van der Waals surface area contributed by atoms with E-state index >= 15 is 0 Å². The fourth-order valence-corrected chi connectivity index (χ4v) is 4.00. The van der Waals surface area contributed by atoms with Gasteiger partial charge in [0.25, 0.3) is 0 Å². The van der Waals surface area contributed by atoms with Crippen molar-refractivity contribution in [2.24, 2.45) is 0 Å². The summed E-state index contributed by atoms with van der Waals surface area (Å²) in [5, 5.41) is 0. The van der Waals surface area contributed by atoms with E-state index in [-0.39, 0.29) is 6.04 Å². The van der Waals surface area contributed by atoms with Gasteiger partial charge in [-0.05, 0) is 39.8 Å². The Morgan fingerprint density at radius 1 is 1.33 bits per heavy atom. The molecule has 108 valence electrons. The van der Waals surface area contributed by atoms with Gasteiger partial charge in [-0.1, -0.05) is 19.8 Å². The average Bonchev–Trinajstić information content (AvgIpc) is 2.32. The number of piperidine rings is 1. The third-order valence-corrected chi connectivity index (χ3v) is 6.12. The summed E-state index contributed by atoms with van der Waals surface area (Å²) in [4.78, 5) is 2.30. The smallest absolute Gasteiger partial charge is 0.214 e. The van der Waals surface area contributed by atoms with E-state index in [9.17, 15) is 8.42 Å². The van der Waals surface area contributed by atoms with Crippen LogP contribution in [0.3, 0.4) is 0 Å². The molecule has 1 rings (SSSR count). The molecule has 1 fully saturated rings. The molecular formula is C13H28N2O2S. The Hall–Kier alpha value is -0.130. The van der Waals surface area contributed by atoms with Gasteiger partial charge < -0.3 is 4.90 Å². The predicted octanol–water partition coefficient (Wildman–Crippen LogP) is 1.92. The van der Waals surface area contributed by atoms with Crippen molar-refractivity contribution in [2.75, 3.05) is 26.4 Å². The second-order valence-corrected chi connectivity index (χ2v) is 7.70. The molecule has 18 heavy (non-hydrogen) atoms. The molecule has 5 heteroatoms. The Bertz CT molecular complexity index is 343. The molecule has 0 aliphatic carbocycles. The molecule has 0 amide bonds. The molecule has 4 nitrogen and oxygen atoms in total. The lowest BCUT2D eigenvalue weighted by Crippen LogP contribution is -2.48. The van der Waals surface area contributed by atoms with E-state index in [2.05, 4.69) is 25.8 Å². The molecule has 0 aromatic heterocycles. The largest absolute Gasteiger partial charge is 0.304 e. The summed E-state index contributed by atoms with van der Waals surface area (Å²) in [5.41, 5.74) is 0. The number of hydrogen-bond donors (Lipinski definition) is 0. The first-order valence-electron chi connectivity index (χ1n) is 7.04. The third kappa shape index (κ3) is 4.21. The Morgan fingerprint density at radius 2 is 2.00 bits per heavy atom. The number of nitrogens with zero attached hydrogens (tertiary/aromatic N) is 2. The van der Waals surface area contributed by atoms with E-state index in [4.69, 9.17) is 0 Å². The van der Waals surface area contributed by atoms with Gasteiger partial charge in [-0.3, -0.25) is 0 Å². The van der Waals surface area contributed by atoms with Crippen LogP contribution in [0.4, 0.5) is 0 Å². The van der Waals surface area contributed by atoms with Crippen molar-refractivity contribution < 1.29 is 8.42 Å². The molecule has 0 aromatic carbocycles. The first kappa shape index (κ1) is 15.9. The van der Waals surface area contributed by atoms with Gasteiger partial charge in [0.15, 0.2) is 0 Å². The molecule has 1 aliphatic rings. The zero-order chi connectivity index (χ0) is 13.8. The lowest BCUT2D eigenvalue weighted by atomic mass is 9.99. The predicted molar refractivity (Wildman–Crippen MR) is 76.2 cm³/mol. The van der Waals surface area contributed by atoms with Crippen molar-refractivity contribution in [3.63, 3.8) is 0 Å². The summed E-state index contributed by atoms with van der Waals surface area (Å²) in [6.07, 6.45) is 4.73. The van der Waals surface area contributed by atoms with Crippen LogP contribution in [0.25, 0.3) is 0 Å². The average molecular weight is 276 g/mol. The van der Waals surface area contributed by atoms with Crippen molar-refractivity contribution in [1.82, 2.24) is 9.21 Å². The molecule has 0 N–H and O–H groups in total. The monoisotopic (exact) mass is 276 g/mol. The first-order valence-corrected chi connectivity index (χ1v) is 8.65. The van der Waals surface area contributed by atoms with Crippen molar-refractivity contribution >= 4 is 10.0 Å². The molecule has 0 bridgehead atoms. The molecule has 0 spiro atoms. The highest BCUT2D eigenvalue weighted by Crippen LogP contribution is 2.22. The maximum atomic E-state index is 12.2. The number of sulfonamides is 1. The second kappa shape index (κ2) is 6.87. The standard InChI is InChI=1S/C13H28N2O2S/c1-5-6-7-10-18(16,17)15(4)13-8-9-14(3)12(2)11-13/h12-13H,5-11H2,1-4H3/t12-,13-/m0/s1. The maximum Gasteiger partial charge on any atom is 0.214 e. The zero-order valence-electron chi connectivity index (χ0n) is 12.2. The Kier molecular flexibility index (Phi) is 6.08. The molecule has 1 heterocycles. The molecule has 0 unspecified atom stereocenters. The van der Waals surface area contributed by atoms with Crippen LogP contribution in [0.15, 0.2) is 0 Å². The van der Waals surface area contributed by atoms with Crippen LogP contribution >= 0.6 is 0 Å². The topological polar surface area (TPSA) is 40.6 Å². The minimum atomic E-state index is -3.06. The van der Waals surface area contributed by atoms with Gasteiger partial charge in [-0.25, -0.2) is 12.7 Å². The van der Waals surface area contributed by atoms with E-state index in [1.807, 2.05) is 0 Å². The first-order chi connectivity index (χ1) is 8.38. The number of likely N-dealkylation sites (tertiary alicyclic amines) is 1. The quantitative estimate of drug-likeness (QED) is 0.696. The number of rotatable bonds is 6. The molecule has 0 radical (unpaired) electrons. The minimum absolute atomic E-state index is 0.183. The van der Waals surface area contributed by atoms with Crippen LogP contribution in [0, 0.1) is 0 Å². The molecule has 1 aliphatic heterocycles. The van der Waals surface area contributed by atoms with E-state index in [0.29, 0.717) is 11.8 Å². The van der Waals surface area contributed by atoms with Crippen molar-refractivity contribution in [3.05, 3.63) is 0 Å². The third-order valence-electron chi connectivity index (χ3n) is 4.14. The summed E-state index contributed by atoms with van der Waals surface area (Å²) >= 11 is 0. The van der Waals surface area contributed by atoms with Crippen molar-refractivity contribution in [1.29, 1.82) is 0 Å². The summed E-state index contributed by atoms with van der Waals surface area (Å²) in [7, 11) is 0.803. The van der Waals surface area contributed by atoms with Crippen LogP contribution in [0.1, 0.15) is 46.0 Å². The van der Waals surface area contributed by atoms with Gasteiger partial charge in [0, 0.05) is 19.1 Å². The lowest BCUT2D eigenvalue weighted by molar-refractivity contribution is 0.142. The highest BCUT2D eigenvalue weighted by Gasteiger charge is 2.31. The van der Waals surface area contributed by atoms with Crippen LogP contribution < -0.4 is 0 Å². The van der Waals surface area contributed by atoms with Crippen LogP contribution in [-0.4, -0.2) is 56.1 Å². The fraction of sp³-hybridized carbons (Fsp3) is 1.00. The molecule has 2 atom stereocenters. The lowest BCUT2D eigenvalue weighted by Gasteiger charge is -2.38. The van der Waals surface area contributed by atoms with Crippen LogP contribution in [0.2, 0.25) is 0 Å². The Morgan fingerprint density at radius 3 is 2.56 bits per heavy atom.